The van der Waals surface area contributed by atoms with Gasteiger partial charge in [0.25, 0.3) is 0 Å². The second-order valence-corrected chi connectivity index (χ2v) is 4.74. The van der Waals surface area contributed by atoms with E-state index in [0.717, 1.165) is 17.2 Å². The Morgan fingerprint density at radius 3 is 2.28 bits per heavy atom. The van der Waals surface area contributed by atoms with Gasteiger partial charge in [-0.15, -0.1) is 0 Å². The lowest BCUT2D eigenvalue weighted by Crippen LogP contribution is -2.09. The van der Waals surface area contributed by atoms with Crippen molar-refractivity contribution in [2.45, 2.75) is 26.8 Å². The van der Waals surface area contributed by atoms with Crippen molar-refractivity contribution in [1.29, 1.82) is 0 Å². The minimum atomic E-state index is 0.438. The highest BCUT2D eigenvalue weighted by molar-refractivity contribution is 5.47. The van der Waals surface area contributed by atoms with Crippen molar-refractivity contribution < 1.29 is 4.74 Å². The predicted molar refractivity (Wildman–Crippen MR) is 76.5 cm³/mol. The molecule has 0 aliphatic rings. The van der Waals surface area contributed by atoms with E-state index in [2.05, 4.69) is 32.2 Å². The van der Waals surface area contributed by atoms with Crippen molar-refractivity contribution in [2.75, 3.05) is 5.32 Å². The summed E-state index contributed by atoms with van der Waals surface area (Å²) in [5.74, 6) is 1.73. The van der Waals surface area contributed by atoms with Crippen LogP contribution in [-0.4, -0.2) is 6.04 Å². The quantitative estimate of drug-likeness (QED) is 0.844. The maximum Gasteiger partial charge on any atom is 0.127 e. The number of nitrogens with one attached hydrogen (secondary N) is 1. The number of ether oxygens (including phenoxy) is 1. The molecule has 94 valence electrons. The van der Waals surface area contributed by atoms with Crippen LogP contribution >= 0.6 is 0 Å². The molecule has 0 atom stereocenters. The van der Waals surface area contributed by atoms with E-state index in [0.29, 0.717) is 6.04 Å². The van der Waals surface area contributed by atoms with Crippen LogP contribution in [0.25, 0.3) is 0 Å². The van der Waals surface area contributed by atoms with Crippen molar-refractivity contribution in [2.24, 2.45) is 0 Å². The Hall–Kier alpha value is -1.96. The first-order valence-corrected chi connectivity index (χ1v) is 6.24. The van der Waals surface area contributed by atoms with Crippen molar-refractivity contribution >= 4 is 5.69 Å². The summed E-state index contributed by atoms with van der Waals surface area (Å²) in [6.45, 7) is 6.30. The van der Waals surface area contributed by atoms with E-state index >= 15 is 0 Å². The summed E-state index contributed by atoms with van der Waals surface area (Å²) in [5, 5.41) is 3.35. The van der Waals surface area contributed by atoms with Crippen LogP contribution in [0, 0.1) is 6.92 Å². The fourth-order valence-corrected chi connectivity index (χ4v) is 1.77. The van der Waals surface area contributed by atoms with Gasteiger partial charge in [-0.3, -0.25) is 0 Å². The van der Waals surface area contributed by atoms with E-state index < -0.39 is 0 Å². The van der Waals surface area contributed by atoms with Crippen LogP contribution < -0.4 is 10.1 Å². The van der Waals surface area contributed by atoms with Crippen molar-refractivity contribution in [3.05, 3.63) is 54.1 Å². The zero-order valence-electron chi connectivity index (χ0n) is 11.1. The maximum absolute atomic E-state index is 5.79. The summed E-state index contributed by atoms with van der Waals surface area (Å²) in [7, 11) is 0. The van der Waals surface area contributed by atoms with Gasteiger partial charge in [-0.1, -0.05) is 12.1 Å². The van der Waals surface area contributed by atoms with Crippen LogP contribution in [0.15, 0.2) is 48.5 Å². The van der Waals surface area contributed by atoms with Crippen molar-refractivity contribution in [1.82, 2.24) is 0 Å². The van der Waals surface area contributed by atoms with Gasteiger partial charge in [0, 0.05) is 11.7 Å². The Morgan fingerprint density at radius 1 is 0.944 bits per heavy atom. The molecule has 0 aliphatic carbocycles. The molecule has 2 aromatic rings. The molecular formula is C16H19NO. The molecule has 0 amide bonds. The average molecular weight is 241 g/mol. The topological polar surface area (TPSA) is 21.3 Å². The molecule has 0 aliphatic heterocycles. The second-order valence-electron chi connectivity index (χ2n) is 4.74. The van der Waals surface area contributed by atoms with Crippen LogP contribution in [0.2, 0.25) is 0 Å². The highest BCUT2D eigenvalue weighted by Gasteiger charge is 1.99. The van der Waals surface area contributed by atoms with Crippen LogP contribution in [0.3, 0.4) is 0 Å². The van der Waals surface area contributed by atoms with Gasteiger partial charge in [-0.05, 0) is 62.7 Å². The SMILES string of the molecule is Cc1cccc(Oc2ccc(NC(C)C)cc2)c1. The maximum atomic E-state index is 5.79. The van der Waals surface area contributed by atoms with Gasteiger partial charge in [-0.25, -0.2) is 0 Å². The van der Waals surface area contributed by atoms with Gasteiger partial charge in [-0.2, -0.15) is 0 Å². The summed E-state index contributed by atoms with van der Waals surface area (Å²) < 4.78 is 5.79. The smallest absolute Gasteiger partial charge is 0.127 e. The molecule has 1 N–H and O–H groups in total. The molecule has 0 unspecified atom stereocenters. The van der Waals surface area contributed by atoms with Crippen LogP contribution in [0.5, 0.6) is 11.5 Å². The van der Waals surface area contributed by atoms with E-state index in [4.69, 9.17) is 4.74 Å². The molecule has 0 fully saturated rings. The molecule has 0 saturated heterocycles. The van der Waals surface area contributed by atoms with E-state index in [1.165, 1.54) is 5.56 Å². The number of anilines is 1. The minimum Gasteiger partial charge on any atom is -0.457 e. The Morgan fingerprint density at radius 2 is 1.67 bits per heavy atom. The normalized spacial score (nSPS) is 10.4. The predicted octanol–water partition coefficient (Wildman–Crippen LogP) is 4.61. The number of rotatable bonds is 4. The van der Waals surface area contributed by atoms with Crippen LogP contribution in [0.1, 0.15) is 19.4 Å². The first-order valence-electron chi connectivity index (χ1n) is 6.24. The summed E-state index contributed by atoms with van der Waals surface area (Å²) >= 11 is 0. The zero-order valence-corrected chi connectivity index (χ0v) is 11.1. The van der Waals surface area contributed by atoms with Gasteiger partial charge in [0.05, 0.1) is 0 Å². The van der Waals surface area contributed by atoms with Crippen molar-refractivity contribution in [3.63, 3.8) is 0 Å². The monoisotopic (exact) mass is 241 g/mol. The Bertz CT molecular complexity index is 503. The molecule has 0 spiro atoms. The minimum absolute atomic E-state index is 0.438. The lowest BCUT2D eigenvalue weighted by Gasteiger charge is -2.11. The van der Waals surface area contributed by atoms with E-state index in [9.17, 15) is 0 Å². The molecule has 0 aromatic heterocycles. The molecule has 0 radical (unpaired) electrons. The standard InChI is InChI=1S/C16H19NO/c1-12(2)17-14-7-9-15(10-8-14)18-16-6-4-5-13(3)11-16/h4-12,17H,1-3H3. The molecule has 2 aromatic carbocycles. The molecular weight excluding hydrogens is 222 g/mol. The number of aryl methyl sites for hydroxylation is 1. The van der Waals surface area contributed by atoms with Gasteiger partial charge in [0.2, 0.25) is 0 Å². The summed E-state index contributed by atoms with van der Waals surface area (Å²) in [6, 6.07) is 16.5. The molecule has 18 heavy (non-hydrogen) atoms. The molecule has 2 rings (SSSR count). The first kappa shape index (κ1) is 12.5. The van der Waals surface area contributed by atoms with E-state index in [1.54, 1.807) is 0 Å². The fraction of sp³-hybridized carbons (Fsp3) is 0.250. The summed E-state index contributed by atoms with van der Waals surface area (Å²) in [5.41, 5.74) is 2.31. The Kier molecular flexibility index (Phi) is 3.88. The summed E-state index contributed by atoms with van der Waals surface area (Å²) in [6.07, 6.45) is 0. The second kappa shape index (κ2) is 5.58. The van der Waals surface area contributed by atoms with Crippen LogP contribution in [0.4, 0.5) is 5.69 Å². The summed E-state index contributed by atoms with van der Waals surface area (Å²) in [4.78, 5) is 0. The highest BCUT2D eigenvalue weighted by Crippen LogP contribution is 2.23. The van der Waals surface area contributed by atoms with Crippen LogP contribution in [-0.2, 0) is 0 Å². The molecule has 2 heteroatoms. The van der Waals surface area contributed by atoms with Gasteiger partial charge < -0.3 is 10.1 Å². The molecule has 2 nitrogen and oxygen atoms in total. The molecule has 0 bridgehead atoms. The van der Waals surface area contributed by atoms with Gasteiger partial charge in [0.1, 0.15) is 11.5 Å². The third kappa shape index (κ3) is 3.52. The Balaban J connectivity index is 2.06. The Labute approximate surface area is 109 Å². The highest BCUT2D eigenvalue weighted by atomic mass is 16.5. The molecule has 0 heterocycles. The third-order valence-electron chi connectivity index (χ3n) is 2.53. The lowest BCUT2D eigenvalue weighted by molar-refractivity contribution is 0.482. The third-order valence-corrected chi connectivity index (χ3v) is 2.53. The number of hydrogen-bond acceptors (Lipinski definition) is 2. The fourth-order valence-electron chi connectivity index (χ4n) is 1.77. The average Bonchev–Trinajstić information content (AvgIpc) is 2.31. The van der Waals surface area contributed by atoms with Gasteiger partial charge >= 0.3 is 0 Å². The zero-order chi connectivity index (χ0) is 13.0. The van der Waals surface area contributed by atoms with E-state index in [1.807, 2.05) is 42.5 Å². The van der Waals surface area contributed by atoms with Crippen molar-refractivity contribution in [3.8, 4) is 11.5 Å². The lowest BCUT2D eigenvalue weighted by atomic mass is 10.2. The largest absolute Gasteiger partial charge is 0.457 e. The first-order chi connectivity index (χ1) is 8.63. The number of benzene rings is 2. The van der Waals surface area contributed by atoms with E-state index in [-0.39, 0.29) is 0 Å². The van der Waals surface area contributed by atoms with Gasteiger partial charge in [0.15, 0.2) is 0 Å². The number of hydrogen-bond donors (Lipinski definition) is 1. The molecule has 0 saturated carbocycles.